The van der Waals surface area contributed by atoms with E-state index >= 15 is 0 Å². The number of nitrogens with zero attached hydrogens (tertiary/aromatic N) is 1. The first-order chi connectivity index (χ1) is 8.36. The Labute approximate surface area is 100 Å². The van der Waals surface area contributed by atoms with Crippen molar-refractivity contribution in [2.45, 2.75) is 12.8 Å². The number of benzene rings is 1. The highest BCUT2D eigenvalue weighted by molar-refractivity contribution is 5.18. The number of aromatic nitrogens is 1. The fourth-order valence-corrected chi connectivity index (χ4v) is 1.58. The van der Waals surface area contributed by atoms with Gasteiger partial charge in [0, 0.05) is 6.20 Å². The van der Waals surface area contributed by atoms with Crippen LogP contribution in [0.3, 0.4) is 0 Å². The Morgan fingerprint density at radius 3 is 2.65 bits per heavy atom. The second kappa shape index (κ2) is 5.99. The van der Waals surface area contributed by atoms with E-state index in [1.807, 2.05) is 18.2 Å². The van der Waals surface area contributed by atoms with Crippen LogP contribution in [0.4, 0.5) is 4.39 Å². The van der Waals surface area contributed by atoms with E-state index in [1.54, 1.807) is 12.1 Å². The van der Waals surface area contributed by atoms with Gasteiger partial charge in [-0.05, 0) is 30.5 Å². The SMILES string of the molecule is Fc1ncccc1OCCCc1ccccc1. The number of hydrogen-bond acceptors (Lipinski definition) is 2. The summed E-state index contributed by atoms with van der Waals surface area (Å²) in [7, 11) is 0. The molecule has 1 aromatic heterocycles. The Bertz CT molecular complexity index is 459. The number of halogens is 1. The molecule has 2 rings (SSSR count). The van der Waals surface area contributed by atoms with E-state index in [2.05, 4.69) is 17.1 Å². The lowest BCUT2D eigenvalue weighted by atomic mass is 10.1. The zero-order chi connectivity index (χ0) is 11.9. The lowest BCUT2D eigenvalue weighted by Crippen LogP contribution is -2.01. The van der Waals surface area contributed by atoms with Gasteiger partial charge in [-0.25, -0.2) is 4.98 Å². The van der Waals surface area contributed by atoms with Crippen molar-refractivity contribution >= 4 is 0 Å². The molecular weight excluding hydrogens is 217 g/mol. The zero-order valence-corrected chi connectivity index (χ0v) is 9.47. The molecule has 0 fully saturated rings. The third-order valence-corrected chi connectivity index (χ3v) is 2.44. The van der Waals surface area contributed by atoms with Crippen LogP contribution in [0, 0.1) is 5.95 Å². The Balaban J connectivity index is 1.76. The standard InChI is InChI=1S/C14H14FNO/c15-14-13(9-4-10-16-14)17-11-5-8-12-6-2-1-3-7-12/h1-4,6-7,9-10H,5,8,11H2. The zero-order valence-electron chi connectivity index (χ0n) is 9.47. The van der Waals surface area contributed by atoms with Gasteiger partial charge >= 0.3 is 0 Å². The number of ether oxygens (including phenoxy) is 1. The van der Waals surface area contributed by atoms with Crippen LogP contribution in [0.15, 0.2) is 48.7 Å². The third kappa shape index (κ3) is 3.55. The van der Waals surface area contributed by atoms with Gasteiger partial charge in [0.25, 0.3) is 5.95 Å². The van der Waals surface area contributed by atoms with Crippen molar-refractivity contribution < 1.29 is 9.13 Å². The first kappa shape index (κ1) is 11.6. The summed E-state index contributed by atoms with van der Waals surface area (Å²) in [5, 5.41) is 0. The lowest BCUT2D eigenvalue weighted by Gasteiger charge is -2.06. The molecule has 0 bridgehead atoms. The molecule has 0 amide bonds. The Kier molecular flexibility index (Phi) is 4.08. The summed E-state index contributed by atoms with van der Waals surface area (Å²) >= 11 is 0. The molecule has 0 saturated carbocycles. The summed E-state index contributed by atoms with van der Waals surface area (Å²) in [4.78, 5) is 3.52. The number of hydrogen-bond donors (Lipinski definition) is 0. The smallest absolute Gasteiger partial charge is 0.255 e. The van der Waals surface area contributed by atoms with Crippen molar-refractivity contribution in [2.75, 3.05) is 6.61 Å². The molecule has 3 heteroatoms. The molecule has 0 unspecified atom stereocenters. The van der Waals surface area contributed by atoms with Gasteiger partial charge in [-0.15, -0.1) is 0 Å². The molecule has 0 aliphatic heterocycles. The quantitative estimate of drug-likeness (QED) is 0.582. The molecule has 0 atom stereocenters. The van der Waals surface area contributed by atoms with Crippen LogP contribution in [0.1, 0.15) is 12.0 Å². The number of aryl methyl sites for hydroxylation is 1. The van der Waals surface area contributed by atoms with Gasteiger partial charge in [0.15, 0.2) is 5.75 Å². The van der Waals surface area contributed by atoms with Gasteiger partial charge in [-0.2, -0.15) is 4.39 Å². The van der Waals surface area contributed by atoms with Crippen LogP contribution in [-0.4, -0.2) is 11.6 Å². The molecule has 0 radical (unpaired) electrons. The fourth-order valence-electron chi connectivity index (χ4n) is 1.58. The first-order valence-electron chi connectivity index (χ1n) is 5.63. The van der Waals surface area contributed by atoms with Crippen LogP contribution in [0.5, 0.6) is 5.75 Å². The molecule has 0 saturated heterocycles. The van der Waals surface area contributed by atoms with Crippen LogP contribution >= 0.6 is 0 Å². The predicted molar refractivity (Wildman–Crippen MR) is 64.5 cm³/mol. The minimum absolute atomic E-state index is 0.223. The number of rotatable bonds is 5. The second-order valence-corrected chi connectivity index (χ2v) is 3.73. The maximum Gasteiger partial charge on any atom is 0.255 e. The Morgan fingerprint density at radius 2 is 1.88 bits per heavy atom. The molecule has 17 heavy (non-hydrogen) atoms. The van der Waals surface area contributed by atoms with Crippen LogP contribution < -0.4 is 4.74 Å². The van der Waals surface area contributed by atoms with Crippen LogP contribution in [-0.2, 0) is 6.42 Å². The van der Waals surface area contributed by atoms with Gasteiger partial charge in [0.05, 0.1) is 6.61 Å². The van der Waals surface area contributed by atoms with Crippen molar-refractivity contribution in [3.8, 4) is 5.75 Å². The van der Waals surface area contributed by atoms with E-state index < -0.39 is 5.95 Å². The topological polar surface area (TPSA) is 22.1 Å². The molecule has 0 aliphatic rings. The summed E-state index contributed by atoms with van der Waals surface area (Å²) in [5.74, 6) is -0.326. The third-order valence-electron chi connectivity index (χ3n) is 2.44. The van der Waals surface area contributed by atoms with Crippen molar-refractivity contribution in [1.82, 2.24) is 4.98 Å². The minimum Gasteiger partial charge on any atom is -0.489 e. The van der Waals surface area contributed by atoms with Crippen molar-refractivity contribution in [1.29, 1.82) is 0 Å². The molecule has 88 valence electrons. The Hall–Kier alpha value is -1.90. The van der Waals surface area contributed by atoms with E-state index in [0.29, 0.717) is 6.61 Å². The fraction of sp³-hybridized carbons (Fsp3) is 0.214. The molecule has 2 aromatic rings. The maximum atomic E-state index is 13.1. The molecule has 1 aromatic carbocycles. The molecule has 1 heterocycles. The summed E-state index contributed by atoms with van der Waals surface area (Å²) in [5.41, 5.74) is 1.27. The average Bonchev–Trinajstić information content (AvgIpc) is 2.38. The maximum absolute atomic E-state index is 13.1. The minimum atomic E-state index is -0.549. The molecule has 0 N–H and O–H groups in total. The molecule has 0 spiro atoms. The largest absolute Gasteiger partial charge is 0.489 e. The molecule has 2 nitrogen and oxygen atoms in total. The lowest BCUT2D eigenvalue weighted by molar-refractivity contribution is 0.291. The average molecular weight is 231 g/mol. The van der Waals surface area contributed by atoms with Gasteiger partial charge in [-0.3, -0.25) is 0 Å². The summed E-state index contributed by atoms with van der Waals surface area (Å²) in [6.45, 7) is 0.498. The summed E-state index contributed by atoms with van der Waals surface area (Å²) in [6, 6.07) is 13.4. The number of pyridine rings is 1. The van der Waals surface area contributed by atoms with E-state index in [9.17, 15) is 4.39 Å². The Morgan fingerprint density at radius 1 is 1.06 bits per heavy atom. The van der Waals surface area contributed by atoms with E-state index in [1.165, 1.54) is 11.8 Å². The van der Waals surface area contributed by atoms with E-state index in [0.717, 1.165) is 12.8 Å². The van der Waals surface area contributed by atoms with E-state index in [4.69, 9.17) is 4.74 Å². The van der Waals surface area contributed by atoms with Crippen molar-refractivity contribution in [3.05, 3.63) is 60.2 Å². The first-order valence-corrected chi connectivity index (χ1v) is 5.63. The van der Waals surface area contributed by atoms with Gasteiger partial charge < -0.3 is 4.74 Å². The van der Waals surface area contributed by atoms with Crippen molar-refractivity contribution in [2.24, 2.45) is 0 Å². The van der Waals surface area contributed by atoms with Crippen LogP contribution in [0.2, 0.25) is 0 Å². The summed E-state index contributed by atoms with van der Waals surface area (Å²) < 4.78 is 18.4. The van der Waals surface area contributed by atoms with E-state index in [-0.39, 0.29) is 5.75 Å². The predicted octanol–water partition coefficient (Wildman–Crippen LogP) is 3.23. The normalized spacial score (nSPS) is 10.2. The molecular formula is C14H14FNO. The molecule has 0 aliphatic carbocycles. The van der Waals surface area contributed by atoms with Gasteiger partial charge in [0.2, 0.25) is 0 Å². The highest BCUT2D eigenvalue weighted by Crippen LogP contribution is 2.13. The summed E-state index contributed by atoms with van der Waals surface area (Å²) in [6.07, 6.45) is 3.20. The van der Waals surface area contributed by atoms with Crippen LogP contribution in [0.25, 0.3) is 0 Å². The second-order valence-electron chi connectivity index (χ2n) is 3.73. The van der Waals surface area contributed by atoms with Gasteiger partial charge in [-0.1, -0.05) is 30.3 Å². The highest BCUT2D eigenvalue weighted by atomic mass is 19.1. The van der Waals surface area contributed by atoms with Crippen molar-refractivity contribution in [3.63, 3.8) is 0 Å². The monoisotopic (exact) mass is 231 g/mol. The highest BCUT2D eigenvalue weighted by Gasteiger charge is 2.02. The van der Waals surface area contributed by atoms with Gasteiger partial charge in [0.1, 0.15) is 0 Å².